The highest BCUT2D eigenvalue weighted by molar-refractivity contribution is 7.88. The average molecular weight is 522 g/mol. The van der Waals surface area contributed by atoms with Crippen molar-refractivity contribution in [2.75, 3.05) is 35.3 Å². The molecule has 4 rings (SSSR count). The number of amides is 1. The van der Waals surface area contributed by atoms with Gasteiger partial charge in [-0.15, -0.1) is 0 Å². The minimum atomic E-state index is -3.21. The van der Waals surface area contributed by atoms with Crippen LogP contribution in [0, 0.1) is 13.8 Å². The van der Waals surface area contributed by atoms with Crippen LogP contribution < -0.4 is 16.0 Å². The normalized spacial score (nSPS) is 16.4. The highest BCUT2D eigenvalue weighted by Gasteiger charge is 2.28. The van der Waals surface area contributed by atoms with E-state index in [2.05, 4.69) is 30.9 Å². The van der Waals surface area contributed by atoms with Crippen LogP contribution in [0.25, 0.3) is 0 Å². The first-order chi connectivity index (χ1) is 16.1. The summed E-state index contributed by atoms with van der Waals surface area (Å²) in [7, 11) is -3.21. The van der Waals surface area contributed by atoms with Crippen LogP contribution in [-0.4, -0.2) is 59.0 Å². The first-order valence-corrected chi connectivity index (χ1v) is 13.5. The minimum absolute atomic E-state index is 0.0414. The molecule has 1 saturated heterocycles. The molecule has 1 atom stereocenters. The molecule has 3 N–H and O–H groups in total. The number of anilines is 4. The van der Waals surface area contributed by atoms with E-state index in [1.807, 2.05) is 19.1 Å². The van der Waals surface area contributed by atoms with Crippen molar-refractivity contribution in [2.24, 2.45) is 0 Å². The number of thiazole rings is 1. The van der Waals surface area contributed by atoms with Crippen LogP contribution in [0.3, 0.4) is 0 Å². The smallest absolute Gasteiger partial charge is 0.267 e. The molecule has 3 heterocycles. The number of aromatic nitrogens is 3. The molecule has 0 bridgehead atoms. The summed E-state index contributed by atoms with van der Waals surface area (Å²) in [6.45, 7) is 4.50. The fourth-order valence-electron chi connectivity index (χ4n) is 3.57. The van der Waals surface area contributed by atoms with E-state index in [0.29, 0.717) is 57.7 Å². The SMILES string of the molecule is Cc1nc(Nc2ncc(C(=O)Nc3c(C)cccc3Cl)s2)cc(NC2CCN(S(C)(=O)=O)C2)n1. The monoisotopic (exact) mass is 521 g/mol. The van der Waals surface area contributed by atoms with Gasteiger partial charge in [-0.3, -0.25) is 4.79 Å². The zero-order valence-electron chi connectivity index (χ0n) is 18.8. The van der Waals surface area contributed by atoms with E-state index in [-0.39, 0.29) is 11.9 Å². The Morgan fingerprint density at radius 3 is 2.71 bits per heavy atom. The highest BCUT2D eigenvalue weighted by atomic mass is 35.5. The number of para-hydroxylation sites is 1. The summed E-state index contributed by atoms with van der Waals surface area (Å²) in [5.74, 6) is 1.32. The summed E-state index contributed by atoms with van der Waals surface area (Å²) in [5.41, 5.74) is 1.43. The Kier molecular flexibility index (Phi) is 7.03. The third-order valence-electron chi connectivity index (χ3n) is 5.23. The molecular weight excluding hydrogens is 498 g/mol. The van der Waals surface area contributed by atoms with Gasteiger partial charge < -0.3 is 16.0 Å². The van der Waals surface area contributed by atoms with Crippen LogP contribution in [0.15, 0.2) is 30.5 Å². The second-order valence-electron chi connectivity index (χ2n) is 7.98. The number of carbonyl (C=O) groups is 1. The number of aryl methyl sites for hydroxylation is 2. The lowest BCUT2D eigenvalue weighted by Crippen LogP contribution is -2.30. The lowest BCUT2D eigenvalue weighted by molar-refractivity contribution is 0.103. The maximum Gasteiger partial charge on any atom is 0.267 e. The number of hydrogen-bond donors (Lipinski definition) is 3. The number of nitrogens with one attached hydrogen (secondary N) is 3. The molecule has 1 fully saturated rings. The number of nitrogens with zero attached hydrogens (tertiary/aromatic N) is 4. The van der Waals surface area contributed by atoms with Gasteiger partial charge in [-0.1, -0.05) is 35.1 Å². The topological polar surface area (TPSA) is 129 Å². The van der Waals surface area contributed by atoms with Crippen molar-refractivity contribution in [1.82, 2.24) is 19.3 Å². The summed E-state index contributed by atoms with van der Waals surface area (Å²) in [6, 6.07) is 7.10. The molecule has 1 amide bonds. The first kappa shape index (κ1) is 24.3. The minimum Gasteiger partial charge on any atom is -0.366 e. The highest BCUT2D eigenvalue weighted by Crippen LogP contribution is 2.28. The number of hydrogen-bond acceptors (Lipinski definition) is 9. The fraction of sp³-hybridized carbons (Fsp3) is 0.333. The summed E-state index contributed by atoms with van der Waals surface area (Å²) in [4.78, 5) is 26.1. The maximum atomic E-state index is 12.7. The molecule has 13 heteroatoms. The molecular formula is C21H24ClN7O3S2. The van der Waals surface area contributed by atoms with Crippen molar-refractivity contribution in [3.05, 3.63) is 51.7 Å². The van der Waals surface area contributed by atoms with Gasteiger partial charge in [-0.05, 0) is 31.9 Å². The average Bonchev–Trinajstić information content (AvgIpc) is 3.40. The van der Waals surface area contributed by atoms with Crippen molar-refractivity contribution in [1.29, 1.82) is 0 Å². The number of halogens is 1. The van der Waals surface area contributed by atoms with Gasteiger partial charge in [0, 0.05) is 25.2 Å². The van der Waals surface area contributed by atoms with E-state index >= 15 is 0 Å². The lowest BCUT2D eigenvalue weighted by atomic mass is 10.2. The van der Waals surface area contributed by atoms with E-state index in [1.165, 1.54) is 28.1 Å². The third-order valence-corrected chi connectivity index (χ3v) is 7.73. The van der Waals surface area contributed by atoms with Gasteiger partial charge in [0.15, 0.2) is 5.13 Å². The summed E-state index contributed by atoms with van der Waals surface area (Å²) in [6.07, 6.45) is 3.39. The van der Waals surface area contributed by atoms with Gasteiger partial charge in [0.2, 0.25) is 10.0 Å². The fourth-order valence-corrected chi connectivity index (χ4v) is 5.45. The van der Waals surface area contributed by atoms with Gasteiger partial charge in [0.1, 0.15) is 22.3 Å². The van der Waals surface area contributed by atoms with Crippen molar-refractivity contribution in [3.63, 3.8) is 0 Å². The molecule has 1 aliphatic rings. The molecule has 0 spiro atoms. The molecule has 0 aliphatic carbocycles. The molecule has 2 aromatic heterocycles. The molecule has 34 heavy (non-hydrogen) atoms. The summed E-state index contributed by atoms with van der Waals surface area (Å²) in [5, 5.41) is 10.2. The first-order valence-electron chi connectivity index (χ1n) is 10.4. The van der Waals surface area contributed by atoms with Crippen LogP contribution in [0.4, 0.5) is 22.5 Å². The Morgan fingerprint density at radius 1 is 1.24 bits per heavy atom. The second-order valence-corrected chi connectivity index (χ2v) is 11.4. The zero-order chi connectivity index (χ0) is 24.5. The summed E-state index contributed by atoms with van der Waals surface area (Å²) >= 11 is 7.39. The van der Waals surface area contributed by atoms with Crippen molar-refractivity contribution < 1.29 is 13.2 Å². The Labute approximate surface area is 206 Å². The van der Waals surface area contributed by atoms with Crippen molar-refractivity contribution in [3.8, 4) is 0 Å². The Balaban J connectivity index is 1.43. The largest absolute Gasteiger partial charge is 0.366 e. The molecule has 1 unspecified atom stereocenters. The standard InChI is InChI=1S/C21H24ClN7O3S2/c1-12-5-4-6-15(22)19(12)28-20(30)16-10-23-21(33-16)27-18-9-17(24-13(2)25-18)26-14-7-8-29(11-14)34(3,31)32/h4-6,9-10,14H,7-8,11H2,1-3H3,(H,28,30)(H2,23,24,25,26,27). The Hall–Kier alpha value is -2.80. The second kappa shape index (κ2) is 9.82. The maximum absolute atomic E-state index is 12.7. The molecule has 0 radical (unpaired) electrons. The quantitative estimate of drug-likeness (QED) is 0.429. The van der Waals surface area contributed by atoms with Crippen molar-refractivity contribution >= 4 is 61.3 Å². The molecule has 0 saturated carbocycles. The van der Waals surface area contributed by atoms with E-state index in [9.17, 15) is 13.2 Å². The van der Waals surface area contributed by atoms with E-state index < -0.39 is 10.0 Å². The Bertz CT molecular complexity index is 1310. The molecule has 1 aromatic carbocycles. The zero-order valence-corrected chi connectivity index (χ0v) is 21.2. The van der Waals surface area contributed by atoms with E-state index in [0.717, 1.165) is 5.56 Å². The predicted molar refractivity (Wildman–Crippen MR) is 135 cm³/mol. The van der Waals surface area contributed by atoms with Gasteiger partial charge in [-0.25, -0.2) is 27.7 Å². The number of sulfonamides is 1. The van der Waals surface area contributed by atoms with Crippen LogP contribution in [-0.2, 0) is 10.0 Å². The lowest BCUT2D eigenvalue weighted by Gasteiger charge is -2.16. The number of carbonyl (C=O) groups excluding carboxylic acids is 1. The van der Waals surface area contributed by atoms with Crippen LogP contribution in [0.2, 0.25) is 5.02 Å². The summed E-state index contributed by atoms with van der Waals surface area (Å²) < 4.78 is 24.9. The van der Waals surface area contributed by atoms with Crippen LogP contribution >= 0.6 is 22.9 Å². The van der Waals surface area contributed by atoms with Gasteiger partial charge in [-0.2, -0.15) is 0 Å². The number of benzene rings is 1. The van der Waals surface area contributed by atoms with Crippen LogP contribution in [0.1, 0.15) is 27.5 Å². The molecule has 1 aliphatic heterocycles. The van der Waals surface area contributed by atoms with Crippen molar-refractivity contribution in [2.45, 2.75) is 26.3 Å². The third kappa shape index (κ3) is 5.81. The predicted octanol–water partition coefficient (Wildman–Crippen LogP) is 3.65. The van der Waals surface area contributed by atoms with E-state index in [1.54, 1.807) is 19.1 Å². The van der Waals surface area contributed by atoms with Crippen LogP contribution in [0.5, 0.6) is 0 Å². The molecule has 180 valence electrons. The van der Waals surface area contributed by atoms with Gasteiger partial charge >= 0.3 is 0 Å². The Morgan fingerprint density at radius 2 is 2.00 bits per heavy atom. The van der Waals surface area contributed by atoms with Gasteiger partial charge in [0.05, 0.1) is 23.2 Å². The number of rotatable bonds is 7. The van der Waals surface area contributed by atoms with E-state index in [4.69, 9.17) is 11.6 Å². The van der Waals surface area contributed by atoms with Gasteiger partial charge in [0.25, 0.3) is 5.91 Å². The molecule has 3 aromatic rings. The molecule has 10 nitrogen and oxygen atoms in total.